The van der Waals surface area contributed by atoms with Crippen LogP contribution in [0.2, 0.25) is 0 Å². The number of amides is 1. The number of rotatable bonds is 11. The molecule has 1 aliphatic carbocycles. The molecular weight excluding hydrogens is 428 g/mol. The summed E-state index contributed by atoms with van der Waals surface area (Å²) >= 11 is 0. The fraction of sp³-hybridized carbons (Fsp3) is 0.417. The van der Waals surface area contributed by atoms with Crippen LogP contribution in [0.5, 0.6) is 17.2 Å². The van der Waals surface area contributed by atoms with Gasteiger partial charge in [0.1, 0.15) is 5.75 Å². The highest BCUT2D eigenvalue weighted by Gasteiger charge is 2.33. The first-order valence-corrected chi connectivity index (χ1v) is 10.9. The van der Waals surface area contributed by atoms with Crippen LogP contribution in [0.1, 0.15) is 37.8 Å². The Hall–Kier alpha value is -3.62. The Kier molecular flexibility index (Phi) is 7.87. The Labute approximate surface area is 192 Å². The lowest BCUT2D eigenvalue weighted by molar-refractivity contribution is -0.385. The van der Waals surface area contributed by atoms with Gasteiger partial charge in [0.05, 0.1) is 25.1 Å². The number of nitro groups is 1. The Morgan fingerprint density at radius 3 is 2.42 bits per heavy atom. The summed E-state index contributed by atoms with van der Waals surface area (Å²) in [6, 6.07) is 9.39. The first-order chi connectivity index (χ1) is 15.9. The van der Waals surface area contributed by atoms with Gasteiger partial charge in [-0.2, -0.15) is 0 Å². The first-order valence-electron chi connectivity index (χ1n) is 10.9. The van der Waals surface area contributed by atoms with Crippen molar-refractivity contribution < 1.29 is 28.7 Å². The molecule has 0 bridgehead atoms. The number of nitro benzene ring substituents is 1. The minimum atomic E-state index is -0.479. The predicted octanol–water partition coefficient (Wildman–Crippen LogP) is 4.26. The Morgan fingerprint density at radius 1 is 1.09 bits per heavy atom. The third-order valence-electron chi connectivity index (χ3n) is 5.34. The molecule has 9 heteroatoms. The van der Waals surface area contributed by atoms with Crippen LogP contribution in [0.15, 0.2) is 36.4 Å². The van der Waals surface area contributed by atoms with E-state index in [2.05, 4.69) is 0 Å². The monoisotopic (exact) mass is 456 g/mol. The first kappa shape index (κ1) is 24.0. The summed E-state index contributed by atoms with van der Waals surface area (Å²) in [6.45, 7) is 4.58. The molecule has 9 nitrogen and oxygen atoms in total. The molecule has 0 unspecified atom stereocenters. The molecule has 33 heavy (non-hydrogen) atoms. The van der Waals surface area contributed by atoms with Gasteiger partial charge in [0.15, 0.2) is 11.5 Å². The van der Waals surface area contributed by atoms with Crippen LogP contribution in [-0.4, -0.2) is 42.0 Å². The summed E-state index contributed by atoms with van der Waals surface area (Å²) in [4.78, 5) is 37.0. The Morgan fingerprint density at radius 2 is 1.82 bits per heavy atom. The second-order valence-corrected chi connectivity index (χ2v) is 7.74. The van der Waals surface area contributed by atoms with Crippen LogP contribution in [-0.2, 0) is 27.3 Å². The highest BCUT2D eigenvalue weighted by Crippen LogP contribution is 2.37. The maximum Gasteiger partial charge on any atom is 0.310 e. The zero-order valence-corrected chi connectivity index (χ0v) is 19.0. The van der Waals surface area contributed by atoms with Crippen molar-refractivity contribution in [1.82, 2.24) is 4.90 Å². The van der Waals surface area contributed by atoms with E-state index < -0.39 is 4.92 Å². The van der Waals surface area contributed by atoms with Crippen molar-refractivity contribution in [3.05, 3.63) is 57.6 Å². The summed E-state index contributed by atoms with van der Waals surface area (Å²) < 4.78 is 16.5. The zero-order valence-electron chi connectivity index (χ0n) is 19.0. The quantitative estimate of drug-likeness (QED) is 0.282. The van der Waals surface area contributed by atoms with Crippen molar-refractivity contribution in [1.29, 1.82) is 0 Å². The van der Waals surface area contributed by atoms with E-state index >= 15 is 0 Å². The van der Waals surface area contributed by atoms with Gasteiger partial charge in [0.25, 0.3) is 5.69 Å². The van der Waals surface area contributed by atoms with Crippen molar-refractivity contribution in [2.75, 3.05) is 20.3 Å². The fourth-order valence-corrected chi connectivity index (χ4v) is 3.45. The van der Waals surface area contributed by atoms with Gasteiger partial charge in [-0.3, -0.25) is 19.7 Å². The molecule has 2 aromatic carbocycles. The van der Waals surface area contributed by atoms with E-state index in [1.54, 1.807) is 30.0 Å². The van der Waals surface area contributed by atoms with E-state index in [-0.39, 0.29) is 43.1 Å². The second-order valence-electron chi connectivity index (χ2n) is 7.74. The average molecular weight is 456 g/mol. The van der Waals surface area contributed by atoms with Crippen molar-refractivity contribution in [2.45, 2.75) is 39.7 Å². The number of ether oxygens (including phenoxy) is 3. The van der Waals surface area contributed by atoms with E-state index in [1.165, 1.54) is 25.3 Å². The number of methoxy groups -OCH3 is 1. The van der Waals surface area contributed by atoms with Crippen LogP contribution in [0, 0.1) is 16.0 Å². The molecular formula is C24H28N2O7. The molecule has 0 heterocycles. The lowest BCUT2D eigenvalue weighted by Gasteiger charge is -2.22. The van der Waals surface area contributed by atoms with Gasteiger partial charge in [0, 0.05) is 36.7 Å². The summed E-state index contributed by atoms with van der Waals surface area (Å²) in [7, 11) is 1.50. The van der Waals surface area contributed by atoms with Crippen LogP contribution in [0.3, 0.4) is 0 Å². The Bertz CT molecular complexity index is 1030. The van der Waals surface area contributed by atoms with Crippen molar-refractivity contribution in [2.24, 2.45) is 5.92 Å². The van der Waals surface area contributed by atoms with E-state index in [1.807, 2.05) is 6.92 Å². The lowest BCUT2D eigenvalue weighted by Crippen LogP contribution is -2.31. The van der Waals surface area contributed by atoms with Crippen molar-refractivity contribution in [3.63, 3.8) is 0 Å². The third-order valence-corrected chi connectivity index (χ3v) is 5.34. The van der Waals surface area contributed by atoms with Crippen LogP contribution < -0.4 is 9.47 Å². The van der Waals surface area contributed by atoms with E-state index in [0.717, 1.165) is 12.8 Å². The number of esters is 1. The molecule has 0 radical (unpaired) electrons. The Balaban J connectivity index is 1.92. The third kappa shape index (κ3) is 6.21. The predicted molar refractivity (Wildman–Crippen MR) is 120 cm³/mol. The second kappa shape index (κ2) is 10.8. The minimum absolute atomic E-state index is 0.0349. The number of carbonyl (C=O) groups excluding carboxylic acids is 2. The molecule has 2 aromatic rings. The smallest absolute Gasteiger partial charge is 0.310 e. The summed E-state index contributed by atoms with van der Waals surface area (Å²) in [5.74, 6) is 0.881. The van der Waals surface area contributed by atoms with Gasteiger partial charge in [-0.15, -0.1) is 0 Å². The molecule has 0 aromatic heterocycles. The lowest BCUT2D eigenvalue weighted by atomic mass is 10.1. The van der Waals surface area contributed by atoms with Crippen LogP contribution >= 0.6 is 0 Å². The van der Waals surface area contributed by atoms with Gasteiger partial charge < -0.3 is 19.1 Å². The van der Waals surface area contributed by atoms with Crippen molar-refractivity contribution in [3.8, 4) is 17.2 Å². The molecule has 0 N–H and O–H groups in total. The largest absolute Gasteiger partial charge is 0.493 e. The number of hydrogen-bond acceptors (Lipinski definition) is 7. The van der Waals surface area contributed by atoms with Crippen molar-refractivity contribution >= 4 is 17.6 Å². The van der Waals surface area contributed by atoms with E-state index in [0.29, 0.717) is 34.9 Å². The summed E-state index contributed by atoms with van der Waals surface area (Å²) in [5.41, 5.74) is 1.10. The molecule has 1 saturated carbocycles. The molecule has 0 saturated heterocycles. The zero-order chi connectivity index (χ0) is 24.0. The molecule has 1 amide bonds. The number of non-ortho nitro benzene ring substituents is 1. The number of carbonyl (C=O) groups is 2. The molecule has 0 spiro atoms. The molecule has 0 atom stereocenters. The molecule has 1 aliphatic rings. The average Bonchev–Trinajstić information content (AvgIpc) is 3.63. The summed E-state index contributed by atoms with van der Waals surface area (Å²) in [5, 5.41) is 11.4. The SMILES string of the molecule is CCOC(=O)Cc1ccc(OC)c(Oc2ccc([N+](=O)[O-])cc2CN(CC)C(=O)C2CC2)c1. The highest BCUT2D eigenvalue weighted by molar-refractivity contribution is 5.81. The van der Waals surface area contributed by atoms with Gasteiger partial charge in [0.2, 0.25) is 5.91 Å². The van der Waals surface area contributed by atoms with Gasteiger partial charge in [-0.1, -0.05) is 6.07 Å². The topological polar surface area (TPSA) is 108 Å². The highest BCUT2D eigenvalue weighted by atomic mass is 16.6. The van der Waals surface area contributed by atoms with Gasteiger partial charge in [-0.25, -0.2) is 0 Å². The standard InChI is InChI=1S/C24H28N2O7/c1-4-25(24(28)17-7-8-17)15-18-14-19(26(29)30)9-11-20(18)33-22-12-16(6-10-21(22)31-3)13-23(27)32-5-2/h6,9-12,14,17H,4-5,7-8,13,15H2,1-3H3. The molecule has 176 valence electrons. The number of nitrogens with zero attached hydrogens (tertiary/aromatic N) is 2. The molecule has 1 fully saturated rings. The van der Waals surface area contributed by atoms with Crippen LogP contribution in [0.4, 0.5) is 5.69 Å². The number of benzene rings is 2. The maximum absolute atomic E-state index is 12.6. The van der Waals surface area contributed by atoms with Crippen LogP contribution in [0.25, 0.3) is 0 Å². The molecule has 3 rings (SSSR count). The number of hydrogen-bond donors (Lipinski definition) is 0. The maximum atomic E-state index is 12.6. The fourth-order valence-electron chi connectivity index (χ4n) is 3.45. The minimum Gasteiger partial charge on any atom is -0.493 e. The van der Waals surface area contributed by atoms with E-state index in [9.17, 15) is 19.7 Å². The van der Waals surface area contributed by atoms with Gasteiger partial charge >= 0.3 is 5.97 Å². The molecule has 0 aliphatic heterocycles. The summed E-state index contributed by atoms with van der Waals surface area (Å²) in [6.07, 6.45) is 1.82. The van der Waals surface area contributed by atoms with Gasteiger partial charge in [-0.05, 0) is 50.5 Å². The normalized spacial score (nSPS) is 12.7. The van der Waals surface area contributed by atoms with E-state index in [4.69, 9.17) is 14.2 Å².